The molecule has 0 radical (unpaired) electrons. The fourth-order valence-electron chi connectivity index (χ4n) is 2.23. The second-order valence-corrected chi connectivity index (χ2v) is 5.16. The molecule has 2 rings (SSSR count). The molecule has 20 heavy (non-hydrogen) atoms. The highest BCUT2D eigenvalue weighted by molar-refractivity contribution is 5.33. The van der Waals surface area contributed by atoms with Crippen LogP contribution in [0.25, 0.3) is 0 Å². The van der Waals surface area contributed by atoms with Gasteiger partial charge in [-0.3, -0.25) is 5.84 Å². The molecule has 5 heteroatoms. The Morgan fingerprint density at radius 1 is 1.20 bits per heavy atom. The van der Waals surface area contributed by atoms with Crippen LogP contribution in [0.4, 0.5) is 0 Å². The number of nitrogens with one attached hydrogen (secondary N) is 1. The number of hydrogen-bond acceptors (Lipinski definition) is 4. The maximum Gasteiger partial charge on any atom is 0.211 e. The van der Waals surface area contributed by atoms with Crippen molar-refractivity contribution >= 4 is 0 Å². The maximum absolute atomic E-state index is 5.70. The van der Waals surface area contributed by atoms with Crippen molar-refractivity contribution in [2.75, 3.05) is 7.11 Å². The monoisotopic (exact) mass is 274 g/mol. The van der Waals surface area contributed by atoms with Gasteiger partial charge in [0.2, 0.25) is 5.88 Å². The summed E-state index contributed by atoms with van der Waals surface area (Å²) in [6.07, 6.45) is 0. The van der Waals surface area contributed by atoms with Gasteiger partial charge in [0, 0.05) is 13.1 Å². The minimum Gasteiger partial charge on any atom is -0.481 e. The van der Waals surface area contributed by atoms with E-state index in [0.717, 1.165) is 11.3 Å². The van der Waals surface area contributed by atoms with Gasteiger partial charge in [-0.25, -0.2) is 10.1 Å². The quantitative estimate of drug-likeness (QED) is 0.647. The van der Waals surface area contributed by atoms with Gasteiger partial charge < -0.3 is 4.74 Å². The number of nitrogens with zero attached hydrogens (tertiary/aromatic N) is 2. The average Bonchev–Trinajstić information content (AvgIpc) is 2.81. The molecule has 0 saturated heterocycles. The fourth-order valence-corrected chi connectivity index (χ4v) is 2.23. The van der Waals surface area contributed by atoms with E-state index in [-0.39, 0.29) is 6.04 Å². The van der Waals surface area contributed by atoms with E-state index in [1.807, 2.05) is 13.1 Å². The van der Waals surface area contributed by atoms with Crippen LogP contribution in [0.15, 0.2) is 30.3 Å². The largest absolute Gasteiger partial charge is 0.481 e. The second-order valence-electron chi connectivity index (χ2n) is 5.16. The van der Waals surface area contributed by atoms with Crippen LogP contribution in [0.5, 0.6) is 5.88 Å². The summed E-state index contributed by atoms with van der Waals surface area (Å²) in [4.78, 5) is 0. The van der Waals surface area contributed by atoms with Crippen molar-refractivity contribution in [1.29, 1.82) is 0 Å². The lowest BCUT2D eigenvalue weighted by Gasteiger charge is -2.15. The minimum atomic E-state index is -0.147. The first-order valence-corrected chi connectivity index (χ1v) is 6.70. The molecule has 3 N–H and O–H groups in total. The summed E-state index contributed by atoms with van der Waals surface area (Å²) >= 11 is 0. The number of aryl methyl sites for hydroxylation is 1. The van der Waals surface area contributed by atoms with Gasteiger partial charge in [0.15, 0.2) is 0 Å². The van der Waals surface area contributed by atoms with Crippen LogP contribution in [0.2, 0.25) is 0 Å². The molecule has 0 saturated carbocycles. The van der Waals surface area contributed by atoms with Gasteiger partial charge in [-0.15, -0.1) is 0 Å². The number of nitrogens with two attached hydrogens (primary N) is 1. The van der Waals surface area contributed by atoms with E-state index in [1.54, 1.807) is 11.8 Å². The minimum absolute atomic E-state index is 0.147. The molecule has 108 valence electrons. The highest BCUT2D eigenvalue weighted by atomic mass is 16.5. The molecule has 1 aromatic carbocycles. The standard InChI is InChI=1S/C15H22N4O/c1-10(2)11-5-7-12(8-6-11)15(17-16)13-9-14(20-4)19(3)18-13/h5-10,15,17H,16H2,1-4H3. The van der Waals surface area contributed by atoms with Crippen LogP contribution in [0.1, 0.15) is 42.6 Å². The molecular weight excluding hydrogens is 252 g/mol. The third-order valence-electron chi connectivity index (χ3n) is 3.46. The van der Waals surface area contributed by atoms with Crippen molar-refractivity contribution in [3.8, 4) is 5.88 Å². The Morgan fingerprint density at radius 2 is 1.80 bits per heavy atom. The van der Waals surface area contributed by atoms with Crippen LogP contribution < -0.4 is 16.0 Å². The molecule has 0 aliphatic heterocycles. The number of hydrogen-bond donors (Lipinski definition) is 2. The van der Waals surface area contributed by atoms with Crippen molar-refractivity contribution in [2.45, 2.75) is 25.8 Å². The summed E-state index contributed by atoms with van der Waals surface area (Å²) < 4.78 is 6.94. The van der Waals surface area contributed by atoms with Gasteiger partial charge in [0.1, 0.15) is 0 Å². The average molecular weight is 274 g/mol. The van der Waals surface area contributed by atoms with Crippen molar-refractivity contribution in [3.05, 3.63) is 47.2 Å². The molecular formula is C15H22N4O. The van der Waals surface area contributed by atoms with E-state index >= 15 is 0 Å². The van der Waals surface area contributed by atoms with Crippen LogP contribution in [0.3, 0.4) is 0 Å². The van der Waals surface area contributed by atoms with E-state index in [1.165, 1.54) is 5.56 Å². The van der Waals surface area contributed by atoms with Gasteiger partial charge in [-0.1, -0.05) is 38.1 Å². The van der Waals surface area contributed by atoms with Crippen molar-refractivity contribution in [2.24, 2.45) is 12.9 Å². The van der Waals surface area contributed by atoms with E-state index < -0.39 is 0 Å². The number of rotatable bonds is 5. The Kier molecular flexibility index (Phi) is 4.42. The second kappa shape index (κ2) is 6.07. The highest BCUT2D eigenvalue weighted by Gasteiger charge is 2.17. The predicted octanol–water partition coefficient (Wildman–Crippen LogP) is 2.10. The maximum atomic E-state index is 5.70. The Morgan fingerprint density at radius 3 is 2.25 bits per heavy atom. The van der Waals surface area contributed by atoms with Gasteiger partial charge >= 0.3 is 0 Å². The molecule has 0 bridgehead atoms. The number of ether oxygens (including phenoxy) is 1. The molecule has 0 spiro atoms. The summed E-state index contributed by atoms with van der Waals surface area (Å²) in [5, 5.41) is 4.44. The molecule has 1 aromatic heterocycles. The molecule has 0 amide bonds. The Labute approximate surface area is 119 Å². The third kappa shape index (κ3) is 2.84. The first-order valence-electron chi connectivity index (χ1n) is 6.70. The number of benzene rings is 1. The number of aromatic nitrogens is 2. The predicted molar refractivity (Wildman–Crippen MR) is 79.5 cm³/mol. The van der Waals surface area contributed by atoms with Crippen LogP contribution >= 0.6 is 0 Å². The van der Waals surface area contributed by atoms with Gasteiger partial charge in [-0.2, -0.15) is 5.10 Å². The van der Waals surface area contributed by atoms with E-state index in [9.17, 15) is 0 Å². The van der Waals surface area contributed by atoms with Crippen molar-refractivity contribution < 1.29 is 4.74 Å². The normalized spacial score (nSPS) is 12.7. The Bertz CT molecular complexity index is 560. The summed E-state index contributed by atoms with van der Waals surface area (Å²) in [5.41, 5.74) is 6.04. The van der Waals surface area contributed by atoms with E-state index in [2.05, 4.69) is 48.6 Å². The third-order valence-corrected chi connectivity index (χ3v) is 3.46. The number of hydrazine groups is 1. The summed E-state index contributed by atoms with van der Waals surface area (Å²) in [7, 11) is 3.47. The Hall–Kier alpha value is -1.85. The Balaban J connectivity index is 2.31. The highest BCUT2D eigenvalue weighted by Crippen LogP contribution is 2.25. The van der Waals surface area contributed by atoms with Gasteiger partial charge in [-0.05, 0) is 17.0 Å². The smallest absolute Gasteiger partial charge is 0.211 e. The zero-order valence-corrected chi connectivity index (χ0v) is 12.4. The van der Waals surface area contributed by atoms with Gasteiger partial charge in [0.25, 0.3) is 0 Å². The lowest BCUT2D eigenvalue weighted by atomic mass is 9.98. The first-order chi connectivity index (χ1) is 9.56. The van der Waals surface area contributed by atoms with Crippen LogP contribution in [-0.2, 0) is 7.05 Å². The molecule has 0 aliphatic rings. The molecule has 1 atom stereocenters. The van der Waals surface area contributed by atoms with Crippen molar-refractivity contribution in [1.82, 2.24) is 15.2 Å². The van der Waals surface area contributed by atoms with Gasteiger partial charge in [0.05, 0.1) is 18.8 Å². The van der Waals surface area contributed by atoms with E-state index in [4.69, 9.17) is 10.6 Å². The molecule has 0 fully saturated rings. The van der Waals surface area contributed by atoms with E-state index in [0.29, 0.717) is 11.8 Å². The molecule has 1 unspecified atom stereocenters. The summed E-state index contributed by atoms with van der Waals surface area (Å²) in [5.74, 6) is 6.92. The zero-order chi connectivity index (χ0) is 14.7. The lowest BCUT2D eigenvalue weighted by Crippen LogP contribution is -2.29. The van der Waals surface area contributed by atoms with Crippen LogP contribution in [-0.4, -0.2) is 16.9 Å². The zero-order valence-electron chi connectivity index (χ0n) is 12.4. The fraction of sp³-hybridized carbons (Fsp3) is 0.400. The molecule has 2 aromatic rings. The molecule has 0 aliphatic carbocycles. The molecule has 5 nitrogen and oxygen atoms in total. The summed E-state index contributed by atoms with van der Waals surface area (Å²) in [6, 6.07) is 10.2. The lowest BCUT2D eigenvalue weighted by molar-refractivity contribution is 0.373. The topological polar surface area (TPSA) is 65.1 Å². The SMILES string of the molecule is COc1cc(C(NN)c2ccc(C(C)C)cc2)nn1C. The molecule has 1 heterocycles. The van der Waals surface area contributed by atoms with Crippen LogP contribution in [0, 0.1) is 0 Å². The number of methoxy groups -OCH3 is 1. The first kappa shape index (κ1) is 14.6. The summed E-state index contributed by atoms with van der Waals surface area (Å²) in [6.45, 7) is 4.36. The van der Waals surface area contributed by atoms with Crippen molar-refractivity contribution in [3.63, 3.8) is 0 Å².